The van der Waals surface area contributed by atoms with Crippen LogP contribution in [0.15, 0.2) is 58.7 Å². The third-order valence-electron chi connectivity index (χ3n) is 9.05. The van der Waals surface area contributed by atoms with Gasteiger partial charge in [0.15, 0.2) is 30.3 Å². The Hall–Kier alpha value is -2.89. The Morgan fingerprint density at radius 3 is 2.22 bits per heavy atom. The minimum atomic E-state index is -2.02. The zero-order chi connectivity index (χ0) is 36.8. The highest BCUT2D eigenvalue weighted by atomic mass is 16.7. The summed E-state index contributed by atoms with van der Waals surface area (Å²) >= 11 is 0. The van der Waals surface area contributed by atoms with E-state index < -0.39 is 104 Å². The van der Waals surface area contributed by atoms with Crippen molar-refractivity contribution in [1.82, 2.24) is 0 Å². The van der Waals surface area contributed by atoms with Crippen molar-refractivity contribution >= 4 is 17.5 Å². The fraction of sp³-hybridized carbons (Fsp3) is 0.629. The third kappa shape index (κ3) is 9.88. The average Bonchev–Trinajstić information content (AvgIpc) is 3.05. The molecule has 14 heteroatoms. The molecule has 2 aliphatic heterocycles. The number of hydrogen-bond donors (Lipinski definition) is 7. The van der Waals surface area contributed by atoms with Gasteiger partial charge in [0.1, 0.15) is 48.8 Å². The van der Waals surface area contributed by atoms with Gasteiger partial charge in [-0.1, -0.05) is 61.4 Å². The van der Waals surface area contributed by atoms with Crippen molar-refractivity contribution in [3.8, 4) is 0 Å². The number of rotatable bonds is 12. The molecule has 2 saturated heterocycles. The van der Waals surface area contributed by atoms with Gasteiger partial charge in [0, 0.05) is 12.8 Å². The second kappa shape index (κ2) is 17.4. The molecule has 0 saturated carbocycles. The summed E-state index contributed by atoms with van der Waals surface area (Å²) in [6.07, 6.45) is -8.41. The van der Waals surface area contributed by atoms with Gasteiger partial charge in [-0.05, 0) is 44.3 Å². The molecule has 11 atom stereocenters. The average molecular weight is 695 g/mol. The highest BCUT2D eigenvalue weighted by Crippen LogP contribution is 2.41. The zero-order valence-electron chi connectivity index (χ0n) is 28.6. The number of ketones is 2. The van der Waals surface area contributed by atoms with Gasteiger partial charge in [-0.15, -0.1) is 0 Å². The van der Waals surface area contributed by atoms with Crippen LogP contribution in [0.4, 0.5) is 0 Å². The Kier molecular flexibility index (Phi) is 14.4. The number of ether oxygens (including phenoxy) is 4. The first-order valence-electron chi connectivity index (χ1n) is 16.2. The van der Waals surface area contributed by atoms with Crippen LogP contribution in [-0.4, -0.2) is 127 Å². The SMILES string of the molecule is CC=C(C)C=CC=C(C)C=CC1=C(C)C(=O)C(OC(=O)CCC(=O)C2OC(O)C(O)C(O)C2OC2OC(CO)C(O)C(O)C2O)CC1(C)C. The van der Waals surface area contributed by atoms with Gasteiger partial charge < -0.3 is 54.7 Å². The maximum Gasteiger partial charge on any atom is 0.306 e. The van der Waals surface area contributed by atoms with Crippen molar-refractivity contribution in [3.05, 3.63) is 58.7 Å². The van der Waals surface area contributed by atoms with E-state index in [1.165, 1.54) is 0 Å². The molecule has 14 nitrogen and oxygen atoms in total. The predicted molar refractivity (Wildman–Crippen MR) is 173 cm³/mol. The van der Waals surface area contributed by atoms with Crippen LogP contribution in [0.25, 0.3) is 0 Å². The molecule has 0 aromatic heterocycles. The van der Waals surface area contributed by atoms with Crippen molar-refractivity contribution in [1.29, 1.82) is 0 Å². The Morgan fingerprint density at radius 1 is 0.918 bits per heavy atom. The van der Waals surface area contributed by atoms with E-state index >= 15 is 0 Å². The molecule has 2 fully saturated rings. The summed E-state index contributed by atoms with van der Waals surface area (Å²) in [6, 6.07) is 0. The van der Waals surface area contributed by atoms with Crippen LogP contribution in [0.1, 0.15) is 60.8 Å². The van der Waals surface area contributed by atoms with Crippen molar-refractivity contribution in [2.45, 2.75) is 128 Å². The second-order valence-corrected chi connectivity index (χ2v) is 13.3. The van der Waals surface area contributed by atoms with E-state index in [1.54, 1.807) is 6.92 Å². The molecular formula is C35H50O14. The van der Waals surface area contributed by atoms with E-state index in [0.29, 0.717) is 5.57 Å². The van der Waals surface area contributed by atoms with Crippen LogP contribution >= 0.6 is 0 Å². The van der Waals surface area contributed by atoms with Gasteiger partial charge in [0.2, 0.25) is 0 Å². The highest BCUT2D eigenvalue weighted by Gasteiger charge is 2.52. The summed E-state index contributed by atoms with van der Waals surface area (Å²) in [4.78, 5) is 39.4. The molecular weight excluding hydrogens is 644 g/mol. The minimum absolute atomic E-state index is 0.197. The Labute approximate surface area is 285 Å². The van der Waals surface area contributed by atoms with Crippen LogP contribution in [0.3, 0.4) is 0 Å². The lowest BCUT2D eigenvalue weighted by Crippen LogP contribution is -2.65. The van der Waals surface area contributed by atoms with E-state index in [-0.39, 0.29) is 12.2 Å². The van der Waals surface area contributed by atoms with Gasteiger partial charge in [-0.3, -0.25) is 14.4 Å². The summed E-state index contributed by atoms with van der Waals surface area (Å²) < 4.78 is 21.5. The topological polar surface area (TPSA) is 230 Å². The van der Waals surface area contributed by atoms with E-state index in [0.717, 1.165) is 16.7 Å². The molecule has 0 aromatic rings. The molecule has 1 aliphatic carbocycles. The van der Waals surface area contributed by atoms with Crippen molar-refractivity contribution in [3.63, 3.8) is 0 Å². The number of allylic oxidation sites excluding steroid dienone is 9. The lowest BCUT2D eigenvalue weighted by atomic mass is 9.71. The van der Waals surface area contributed by atoms with E-state index in [2.05, 4.69) is 0 Å². The molecule has 0 aromatic carbocycles. The molecule has 3 aliphatic rings. The molecule has 3 rings (SSSR count). The summed E-state index contributed by atoms with van der Waals surface area (Å²) in [5, 5.41) is 70.8. The van der Waals surface area contributed by atoms with Crippen LogP contribution < -0.4 is 0 Å². The van der Waals surface area contributed by atoms with Gasteiger partial charge in [-0.2, -0.15) is 0 Å². The molecule has 2 heterocycles. The summed E-state index contributed by atoms with van der Waals surface area (Å²) in [7, 11) is 0. The zero-order valence-corrected chi connectivity index (χ0v) is 28.6. The quantitative estimate of drug-likeness (QED) is 0.107. The standard InChI is InChI=1S/C35H50O14/c1-7-17(2)9-8-10-18(3)11-12-20-19(4)25(39)22(15-35(20,5)6)46-24(38)14-13-21(37)31-32(28(42)29(43)33(45)48-31)49-34-30(44)27(41)26(40)23(16-36)47-34/h7-12,22-23,26-34,36,40-45H,13-16H2,1-6H3. The van der Waals surface area contributed by atoms with Gasteiger partial charge in [0.05, 0.1) is 13.0 Å². The van der Waals surface area contributed by atoms with Crippen LogP contribution in [0.5, 0.6) is 0 Å². The monoisotopic (exact) mass is 694 g/mol. The predicted octanol–water partition coefficient (Wildman–Crippen LogP) is 0.212. The minimum Gasteiger partial charge on any atom is -0.454 e. The third-order valence-corrected chi connectivity index (χ3v) is 9.05. The van der Waals surface area contributed by atoms with E-state index in [4.69, 9.17) is 18.9 Å². The van der Waals surface area contributed by atoms with E-state index in [9.17, 15) is 50.1 Å². The number of Topliss-reactive ketones (excluding diaryl/α,β-unsaturated/α-hetero) is 2. The maximum atomic E-state index is 13.3. The Balaban J connectivity index is 1.67. The smallest absolute Gasteiger partial charge is 0.306 e. The van der Waals surface area contributed by atoms with Gasteiger partial charge >= 0.3 is 5.97 Å². The van der Waals surface area contributed by atoms with Gasteiger partial charge in [-0.25, -0.2) is 0 Å². The number of aliphatic hydroxyl groups is 7. The summed E-state index contributed by atoms with van der Waals surface area (Å²) in [5.74, 6) is -2.10. The Bertz CT molecular complexity index is 1360. The molecule has 274 valence electrons. The number of carbonyl (C=O) groups is 3. The van der Waals surface area contributed by atoms with Gasteiger partial charge in [0.25, 0.3) is 0 Å². The fourth-order valence-electron chi connectivity index (χ4n) is 5.89. The van der Waals surface area contributed by atoms with Crippen molar-refractivity contribution in [2.75, 3.05) is 6.61 Å². The largest absolute Gasteiger partial charge is 0.454 e. The fourth-order valence-corrected chi connectivity index (χ4v) is 5.89. The molecule has 0 radical (unpaired) electrons. The molecule has 0 spiro atoms. The van der Waals surface area contributed by atoms with Crippen molar-refractivity contribution < 1.29 is 69.1 Å². The first-order chi connectivity index (χ1) is 22.9. The summed E-state index contributed by atoms with van der Waals surface area (Å²) in [6.45, 7) is 10.7. The van der Waals surface area contributed by atoms with Crippen LogP contribution in [-0.2, 0) is 33.3 Å². The molecule has 49 heavy (non-hydrogen) atoms. The lowest BCUT2D eigenvalue weighted by Gasteiger charge is -2.45. The second-order valence-electron chi connectivity index (χ2n) is 13.3. The van der Waals surface area contributed by atoms with Crippen LogP contribution in [0, 0.1) is 5.41 Å². The highest BCUT2D eigenvalue weighted by molar-refractivity contribution is 6.01. The first kappa shape index (κ1) is 40.5. The first-order valence-corrected chi connectivity index (χ1v) is 16.2. The van der Waals surface area contributed by atoms with E-state index in [1.807, 2.05) is 71.1 Å². The number of carbonyl (C=O) groups excluding carboxylic acids is 3. The normalized spacial score (nSPS) is 36.1. The number of aliphatic hydroxyl groups excluding tert-OH is 7. The Morgan fingerprint density at radius 2 is 1.59 bits per heavy atom. The molecule has 11 unspecified atom stereocenters. The van der Waals surface area contributed by atoms with Crippen LogP contribution in [0.2, 0.25) is 0 Å². The molecule has 0 amide bonds. The molecule has 0 bridgehead atoms. The summed E-state index contributed by atoms with van der Waals surface area (Å²) in [5.41, 5.74) is 2.81. The number of hydrogen-bond acceptors (Lipinski definition) is 14. The maximum absolute atomic E-state index is 13.3. The lowest BCUT2D eigenvalue weighted by molar-refractivity contribution is -0.349. The van der Waals surface area contributed by atoms with Crippen molar-refractivity contribution in [2.24, 2.45) is 5.41 Å². The molecule has 7 N–H and O–H groups in total. The number of esters is 1.